The van der Waals surface area contributed by atoms with Crippen LogP contribution in [0.2, 0.25) is 0 Å². The Hall–Kier alpha value is -1.99. The van der Waals surface area contributed by atoms with Gasteiger partial charge in [0.2, 0.25) is 5.91 Å². The van der Waals surface area contributed by atoms with Crippen molar-refractivity contribution < 1.29 is 13.2 Å². The lowest BCUT2D eigenvalue weighted by molar-refractivity contribution is -0.115. The number of nitrogens with zero attached hydrogens (tertiary/aromatic N) is 1. The molecule has 0 fully saturated rings. The molecule has 2 aromatic carbocycles. The lowest BCUT2D eigenvalue weighted by Gasteiger charge is -2.24. The lowest BCUT2D eigenvalue weighted by atomic mass is 10.2. The van der Waals surface area contributed by atoms with Crippen LogP contribution in [0.4, 0.5) is 11.4 Å². The molecule has 0 aliphatic carbocycles. The van der Waals surface area contributed by atoms with Gasteiger partial charge in [0.25, 0.3) is 10.0 Å². The molecule has 2 aliphatic heterocycles. The Bertz CT molecular complexity index is 941. The Labute approximate surface area is 145 Å². The molecule has 2 aliphatic rings. The highest BCUT2D eigenvalue weighted by Crippen LogP contribution is 2.38. The van der Waals surface area contributed by atoms with E-state index in [9.17, 15) is 13.2 Å². The number of para-hydroxylation sites is 1. The summed E-state index contributed by atoms with van der Waals surface area (Å²) in [5.74, 6) is -0.103. The third-order valence-corrected chi connectivity index (χ3v) is 7.30. The molecule has 124 valence electrons. The van der Waals surface area contributed by atoms with Crippen LogP contribution in [0.3, 0.4) is 0 Å². The van der Waals surface area contributed by atoms with Crippen LogP contribution < -0.4 is 9.62 Å². The minimum absolute atomic E-state index is 0.103. The van der Waals surface area contributed by atoms with Gasteiger partial charge in [0.05, 0.1) is 21.5 Å². The van der Waals surface area contributed by atoms with Crippen molar-refractivity contribution in [2.45, 2.75) is 28.4 Å². The first kappa shape index (κ1) is 15.5. The number of hydrogen-bond donors (Lipinski definition) is 1. The number of anilines is 2. The molecule has 1 amide bonds. The number of fused-ring (bicyclic) bond motifs is 2. The van der Waals surface area contributed by atoms with E-state index in [1.165, 1.54) is 16.1 Å². The Kier molecular flexibility index (Phi) is 3.58. The van der Waals surface area contributed by atoms with Crippen LogP contribution in [0, 0.1) is 0 Å². The predicted molar refractivity (Wildman–Crippen MR) is 95.1 cm³/mol. The Morgan fingerprint density at radius 2 is 2.00 bits per heavy atom. The van der Waals surface area contributed by atoms with Gasteiger partial charge in [-0.05, 0) is 43.2 Å². The number of carbonyl (C=O) groups excluding carboxylic acids is 1. The summed E-state index contributed by atoms with van der Waals surface area (Å²) >= 11 is 1.44. The van der Waals surface area contributed by atoms with Gasteiger partial charge < -0.3 is 5.32 Å². The Morgan fingerprint density at radius 1 is 1.21 bits per heavy atom. The largest absolute Gasteiger partial charge is 0.324 e. The lowest BCUT2D eigenvalue weighted by Crippen LogP contribution is -2.30. The van der Waals surface area contributed by atoms with E-state index < -0.39 is 10.0 Å². The van der Waals surface area contributed by atoms with E-state index in [0.29, 0.717) is 18.7 Å². The standard InChI is InChI=1S/C17H16N2O3S2/c1-11-17(20)18-14-10-13(6-7-16(14)23-11)24(21,22)19-9-8-12-4-2-3-5-15(12)19/h2-7,10-11H,8-9H2,1H3,(H,18,20)/t11-/m0/s1. The summed E-state index contributed by atoms with van der Waals surface area (Å²) in [6.07, 6.45) is 0.713. The quantitative estimate of drug-likeness (QED) is 0.894. The topological polar surface area (TPSA) is 66.5 Å². The molecule has 0 saturated heterocycles. The minimum Gasteiger partial charge on any atom is -0.324 e. The highest BCUT2D eigenvalue weighted by atomic mass is 32.2. The molecule has 0 bridgehead atoms. The smallest absolute Gasteiger partial charge is 0.264 e. The average Bonchev–Trinajstić information content (AvgIpc) is 3.00. The van der Waals surface area contributed by atoms with Crippen molar-refractivity contribution in [1.29, 1.82) is 0 Å². The third-order valence-electron chi connectivity index (χ3n) is 4.31. The van der Waals surface area contributed by atoms with E-state index in [1.54, 1.807) is 18.2 Å². The molecule has 0 unspecified atom stereocenters. The fraction of sp³-hybridized carbons (Fsp3) is 0.235. The van der Waals surface area contributed by atoms with Crippen LogP contribution in [0.1, 0.15) is 12.5 Å². The fourth-order valence-corrected chi connectivity index (χ4v) is 5.49. The molecule has 1 N–H and O–H groups in total. The van der Waals surface area contributed by atoms with Gasteiger partial charge in [-0.2, -0.15) is 0 Å². The number of hydrogen-bond acceptors (Lipinski definition) is 4. The second-order valence-electron chi connectivity index (χ2n) is 5.86. The van der Waals surface area contributed by atoms with Gasteiger partial charge in [-0.25, -0.2) is 8.42 Å². The summed E-state index contributed by atoms with van der Waals surface area (Å²) in [5.41, 5.74) is 2.34. The average molecular weight is 360 g/mol. The maximum atomic E-state index is 13.0. The summed E-state index contributed by atoms with van der Waals surface area (Å²) in [6, 6.07) is 12.5. The number of carbonyl (C=O) groups is 1. The zero-order valence-corrected chi connectivity index (χ0v) is 14.7. The normalized spacial score (nSPS) is 19.6. The maximum Gasteiger partial charge on any atom is 0.264 e. The molecule has 7 heteroatoms. The van der Waals surface area contributed by atoms with Gasteiger partial charge in [-0.1, -0.05) is 18.2 Å². The van der Waals surface area contributed by atoms with Crippen LogP contribution in [0.25, 0.3) is 0 Å². The first-order valence-electron chi connectivity index (χ1n) is 7.69. The van der Waals surface area contributed by atoms with Gasteiger partial charge in [0, 0.05) is 11.4 Å². The van der Waals surface area contributed by atoms with E-state index in [2.05, 4.69) is 5.32 Å². The molecule has 24 heavy (non-hydrogen) atoms. The molecule has 4 rings (SSSR count). The zero-order chi connectivity index (χ0) is 16.9. The van der Waals surface area contributed by atoms with Gasteiger partial charge >= 0.3 is 0 Å². The van der Waals surface area contributed by atoms with Crippen molar-refractivity contribution in [2.24, 2.45) is 0 Å². The summed E-state index contributed by atoms with van der Waals surface area (Å²) in [6.45, 7) is 2.27. The van der Waals surface area contributed by atoms with E-state index in [1.807, 2.05) is 31.2 Å². The number of amides is 1. The summed E-state index contributed by atoms with van der Waals surface area (Å²) in [4.78, 5) is 12.9. The van der Waals surface area contributed by atoms with Crippen molar-refractivity contribution in [3.8, 4) is 0 Å². The summed E-state index contributed by atoms with van der Waals surface area (Å²) < 4.78 is 27.5. The number of rotatable bonds is 2. The highest BCUT2D eigenvalue weighted by molar-refractivity contribution is 8.01. The van der Waals surface area contributed by atoms with E-state index >= 15 is 0 Å². The number of thioether (sulfide) groups is 1. The van der Waals surface area contributed by atoms with Crippen molar-refractivity contribution in [1.82, 2.24) is 0 Å². The first-order valence-corrected chi connectivity index (χ1v) is 10.0. The second-order valence-corrected chi connectivity index (χ2v) is 9.11. The second kappa shape index (κ2) is 5.53. The fourth-order valence-electron chi connectivity index (χ4n) is 3.03. The molecule has 1 atom stereocenters. The summed E-state index contributed by atoms with van der Waals surface area (Å²) in [7, 11) is -3.64. The first-order chi connectivity index (χ1) is 11.5. The van der Waals surface area contributed by atoms with Crippen LogP contribution in [-0.4, -0.2) is 26.1 Å². The van der Waals surface area contributed by atoms with Crippen molar-refractivity contribution >= 4 is 39.1 Å². The van der Waals surface area contributed by atoms with Gasteiger partial charge in [0.1, 0.15) is 0 Å². The molecule has 0 aromatic heterocycles. The van der Waals surface area contributed by atoms with E-state index in [4.69, 9.17) is 0 Å². The third kappa shape index (κ3) is 2.39. The molecular weight excluding hydrogens is 344 g/mol. The molecule has 0 radical (unpaired) electrons. The van der Waals surface area contributed by atoms with Gasteiger partial charge in [0.15, 0.2) is 0 Å². The Morgan fingerprint density at radius 3 is 2.83 bits per heavy atom. The van der Waals surface area contributed by atoms with Crippen molar-refractivity contribution in [3.05, 3.63) is 48.0 Å². The van der Waals surface area contributed by atoms with Crippen LogP contribution in [-0.2, 0) is 21.2 Å². The molecule has 2 heterocycles. The minimum atomic E-state index is -3.64. The maximum absolute atomic E-state index is 13.0. The monoisotopic (exact) mass is 360 g/mol. The molecule has 0 spiro atoms. The van der Waals surface area contributed by atoms with Crippen molar-refractivity contribution in [2.75, 3.05) is 16.2 Å². The highest BCUT2D eigenvalue weighted by Gasteiger charge is 2.32. The number of benzene rings is 2. The molecule has 2 aromatic rings. The Balaban J connectivity index is 1.74. The molecular formula is C17H16N2O3S2. The van der Waals surface area contributed by atoms with Gasteiger partial charge in [-0.15, -0.1) is 11.8 Å². The summed E-state index contributed by atoms with van der Waals surface area (Å²) in [5, 5.41) is 2.61. The van der Waals surface area contributed by atoms with Crippen LogP contribution >= 0.6 is 11.8 Å². The molecule has 5 nitrogen and oxygen atoms in total. The van der Waals surface area contributed by atoms with Crippen LogP contribution in [0.5, 0.6) is 0 Å². The van der Waals surface area contributed by atoms with Gasteiger partial charge in [-0.3, -0.25) is 9.10 Å². The predicted octanol–water partition coefficient (Wildman–Crippen LogP) is 2.87. The van der Waals surface area contributed by atoms with E-state index in [-0.39, 0.29) is 16.1 Å². The SMILES string of the molecule is C[C@@H]1Sc2ccc(S(=O)(=O)N3CCc4ccccc43)cc2NC1=O. The van der Waals surface area contributed by atoms with Crippen molar-refractivity contribution in [3.63, 3.8) is 0 Å². The number of sulfonamides is 1. The van der Waals surface area contributed by atoms with Crippen LogP contribution in [0.15, 0.2) is 52.3 Å². The zero-order valence-electron chi connectivity index (χ0n) is 13.0. The number of nitrogens with one attached hydrogen (secondary N) is 1. The molecule has 0 saturated carbocycles. The van der Waals surface area contributed by atoms with E-state index in [0.717, 1.165) is 16.1 Å².